The number of halogens is 2. The van der Waals surface area contributed by atoms with E-state index in [-0.39, 0.29) is 22.0 Å². The summed E-state index contributed by atoms with van der Waals surface area (Å²) in [5, 5.41) is 7.94. The molecule has 2 aromatic carbocycles. The lowest BCUT2D eigenvalue weighted by Crippen LogP contribution is -2.23. The highest BCUT2D eigenvalue weighted by molar-refractivity contribution is 6.34. The van der Waals surface area contributed by atoms with Crippen molar-refractivity contribution in [2.24, 2.45) is 0 Å². The number of anilines is 2. The minimum Gasteiger partial charge on any atom is -0.386 e. The summed E-state index contributed by atoms with van der Waals surface area (Å²) in [6.07, 6.45) is 1.26. The Morgan fingerprint density at radius 3 is 2.17 bits per heavy atom. The van der Waals surface area contributed by atoms with Gasteiger partial charge in [-0.05, 0) is 36.4 Å². The summed E-state index contributed by atoms with van der Waals surface area (Å²) in [6.45, 7) is 0. The second-order valence-electron chi connectivity index (χ2n) is 5.91. The minimum atomic E-state index is -0.556. The summed E-state index contributed by atoms with van der Waals surface area (Å²) >= 11 is 11.3. The van der Waals surface area contributed by atoms with Crippen LogP contribution in [0.2, 0.25) is 5.02 Å². The van der Waals surface area contributed by atoms with Crippen molar-refractivity contribution in [3.05, 3.63) is 70.8 Å². The molecule has 9 nitrogen and oxygen atoms in total. The van der Waals surface area contributed by atoms with Gasteiger partial charge in [0.2, 0.25) is 0 Å². The van der Waals surface area contributed by atoms with E-state index in [4.69, 9.17) is 23.5 Å². The maximum atomic E-state index is 12.4. The number of nitrogens with zero attached hydrogens (tertiary/aromatic N) is 1. The van der Waals surface area contributed by atoms with E-state index < -0.39 is 17.7 Å². The molecule has 0 aliphatic rings. The normalized spacial score (nSPS) is 10.2. The van der Waals surface area contributed by atoms with Gasteiger partial charge >= 0.3 is 0 Å². The third kappa shape index (κ3) is 4.70. The molecule has 1 heterocycles. The average Bonchev–Trinajstić information content (AvgIpc) is 3.24. The van der Waals surface area contributed by atoms with Crippen LogP contribution in [-0.4, -0.2) is 34.7 Å². The van der Waals surface area contributed by atoms with Crippen molar-refractivity contribution in [2.75, 3.05) is 17.7 Å². The van der Waals surface area contributed by atoms with Gasteiger partial charge in [0, 0.05) is 24.5 Å². The quantitative estimate of drug-likeness (QED) is 0.460. The second kappa shape index (κ2) is 9.29. The van der Waals surface area contributed by atoms with Gasteiger partial charge in [-0.2, -0.15) is 0 Å². The average molecular weight is 448 g/mol. The van der Waals surface area contributed by atoms with Crippen LogP contribution in [0.3, 0.4) is 0 Å². The van der Waals surface area contributed by atoms with Crippen LogP contribution in [0.25, 0.3) is 0 Å². The molecular formula is C19H15Cl2N5O4. The fourth-order valence-electron chi connectivity index (χ4n) is 2.52. The number of H-pyrrole nitrogens is 1. The molecule has 0 aliphatic heterocycles. The number of carbonyl (C=O) groups is 3. The van der Waals surface area contributed by atoms with Crippen molar-refractivity contribution in [1.82, 2.24) is 15.3 Å². The number of carbonyl (C=O) groups excluding carboxylic acids is 3. The van der Waals surface area contributed by atoms with Crippen molar-refractivity contribution in [1.29, 1.82) is 0 Å². The lowest BCUT2D eigenvalue weighted by molar-refractivity contribution is 0.0943. The number of imidazole rings is 1. The summed E-state index contributed by atoms with van der Waals surface area (Å²) in [7, 11) is 1.45. The van der Waals surface area contributed by atoms with Gasteiger partial charge in [0.1, 0.15) is 23.3 Å². The Labute approximate surface area is 180 Å². The van der Waals surface area contributed by atoms with Crippen LogP contribution in [-0.2, 0) is 0 Å². The van der Waals surface area contributed by atoms with Gasteiger partial charge in [0.15, 0.2) is 5.69 Å². The Morgan fingerprint density at radius 2 is 1.60 bits per heavy atom. The van der Waals surface area contributed by atoms with Crippen LogP contribution in [0, 0.1) is 0 Å². The molecule has 0 bridgehead atoms. The van der Waals surface area contributed by atoms with Crippen LogP contribution in [0.4, 0.5) is 11.4 Å². The number of aromatic amines is 1. The zero-order chi connectivity index (χ0) is 21.7. The first-order valence-electron chi connectivity index (χ1n) is 8.49. The van der Waals surface area contributed by atoms with Gasteiger partial charge in [-0.25, -0.2) is 4.98 Å². The molecule has 0 radical (unpaired) electrons. The van der Waals surface area contributed by atoms with Crippen molar-refractivity contribution >= 4 is 52.6 Å². The molecule has 3 rings (SSSR count). The van der Waals surface area contributed by atoms with Crippen LogP contribution in [0.15, 0.2) is 48.8 Å². The Hall–Kier alpha value is -3.56. The largest absolute Gasteiger partial charge is 0.386 e. The summed E-state index contributed by atoms with van der Waals surface area (Å²) in [6, 6.07) is 10.8. The van der Waals surface area contributed by atoms with Gasteiger partial charge < -0.3 is 25.2 Å². The second-order valence-corrected chi connectivity index (χ2v) is 6.47. The molecule has 0 saturated heterocycles. The zero-order valence-corrected chi connectivity index (χ0v) is 17.0. The van der Waals surface area contributed by atoms with E-state index in [2.05, 4.69) is 30.2 Å². The molecule has 0 unspecified atom stereocenters. The van der Waals surface area contributed by atoms with Crippen molar-refractivity contribution in [3.8, 4) is 5.75 Å². The molecular weight excluding hydrogens is 433 g/mol. The Kier molecular flexibility index (Phi) is 6.55. The standard InChI is InChI=1S/C19H15Cl2N5O4/c1-22-18(28)15-16(24-9-23-15)19(29)26-11-4-2-10(3-5-11)25-17(27)13-7-6-12(30-21)8-14(13)20/h2-9H,1H3,(H,22,28)(H,23,24)(H,25,27)(H,26,29). The van der Waals surface area contributed by atoms with E-state index >= 15 is 0 Å². The third-order valence-corrected chi connectivity index (χ3v) is 4.47. The third-order valence-electron chi connectivity index (χ3n) is 3.98. The molecule has 3 aromatic rings. The number of benzene rings is 2. The lowest BCUT2D eigenvalue weighted by Gasteiger charge is -2.09. The summed E-state index contributed by atoms with van der Waals surface area (Å²) in [5.74, 6) is -1.13. The SMILES string of the molecule is CNC(=O)c1[nH]cnc1C(=O)Nc1ccc(NC(=O)c2ccc(OCl)cc2Cl)cc1. The molecule has 154 valence electrons. The van der Waals surface area contributed by atoms with Crippen LogP contribution in [0.1, 0.15) is 31.3 Å². The number of amides is 3. The number of aromatic nitrogens is 2. The first kappa shape index (κ1) is 21.2. The molecule has 11 heteroatoms. The highest BCUT2D eigenvalue weighted by Crippen LogP contribution is 2.24. The van der Waals surface area contributed by atoms with Gasteiger partial charge in [-0.15, -0.1) is 0 Å². The predicted molar refractivity (Wildman–Crippen MR) is 112 cm³/mol. The monoisotopic (exact) mass is 447 g/mol. The zero-order valence-electron chi connectivity index (χ0n) is 15.5. The van der Waals surface area contributed by atoms with E-state index in [0.717, 1.165) is 0 Å². The fraction of sp³-hybridized carbons (Fsp3) is 0.0526. The number of hydrogen-bond acceptors (Lipinski definition) is 5. The number of nitrogens with one attached hydrogen (secondary N) is 4. The van der Waals surface area contributed by atoms with E-state index in [0.29, 0.717) is 17.1 Å². The number of hydrogen-bond donors (Lipinski definition) is 4. The van der Waals surface area contributed by atoms with E-state index in [1.165, 1.54) is 31.6 Å². The van der Waals surface area contributed by atoms with Crippen molar-refractivity contribution in [2.45, 2.75) is 0 Å². The molecule has 30 heavy (non-hydrogen) atoms. The Morgan fingerprint density at radius 1 is 0.967 bits per heavy atom. The Balaban J connectivity index is 1.67. The van der Waals surface area contributed by atoms with Gasteiger partial charge in [-0.3, -0.25) is 14.4 Å². The van der Waals surface area contributed by atoms with E-state index in [9.17, 15) is 14.4 Å². The highest BCUT2D eigenvalue weighted by Gasteiger charge is 2.19. The van der Waals surface area contributed by atoms with Gasteiger partial charge in [-0.1, -0.05) is 11.6 Å². The van der Waals surface area contributed by atoms with Gasteiger partial charge in [0.05, 0.1) is 16.9 Å². The molecule has 3 amide bonds. The predicted octanol–water partition coefficient (Wildman–Crippen LogP) is 3.46. The van der Waals surface area contributed by atoms with Crippen molar-refractivity contribution in [3.63, 3.8) is 0 Å². The van der Waals surface area contributed by atoms with Crippen molar-refractivity contribution < 1.29 is 18.7 Å². The summed E-state index contributed by atoms with van der Waals surface area (Å²) in [5.41, 5.74) is 1.20. The molecule has 0 spiro atoms. The smallest absolute Gasteiger partial charge is 0.276 e. The molecule has 0 fully saturated rings. The maximum absolute atomic E-state index is 12.4. The topological polar surface area (TPSA) is 125 Å². The first-order chi connectivity index (χ1) is 14.4. The number of rotatable bonds is 6. The molecule has 1 aromatic heterocycles. The van der Waals surface area contributed by atoms with Crippen LogP contribution < -0.4 is 20.2 Å². The summed E-state index contributed by atoms with van der Waals surface area (Å²) in [4.78, 5) is 43.0. The summed E-state index contributed by atoms with van der Waals surface area (Å²) < 4.78 is 4.54. The molecule has 4 N–H and O–H groups in total. The van der Waals surface area contributed by atoms with E-state index in [1.54, 1.807) is 24.3 Å². The van der Waals surface area contributed by atoms with E-state index in [1.807, 2.05) is 0 Å². The highest BCUT2D eigenvalue weighted by atomic mass is 35.5. The van der Waals surface area contributed by atoms with Crippen LogP contribution in [0.5, 0.6) is 5.75 Å². The molecule has 0 aliphatic carbocycles. The first-order valence-corrected chi connectivity index (χ1v) is 9.18. The van der Waals surface area contributed by atoms with Crippen LogP contribution >= 0.6 is 23.5 Å². The molecule has 0 atom stereocenters. The van der Waals surface area contributed by atoms with Gasteiger partial charge in [0.25, 0.3) is 17.7 Å². The lowest BCUT2D eigenvalue weighted by atomic mass is 10.2. The minimum absolute atomic E-state index is 0.0363. The Bertz CT molecular complexity index is 1100. The molecule has 0 saturated carbocycles. The maximum Gasteiger partial charge on any atom is 0.276 e. The fourth-order valence-corrected chi connectivity index (χ4v) is 2.87.